The van der Waals surface area contributed by atoms with Crippen LogP contribution < -0.4 is 10.1 Å². The molecule has 1 N–H and O–H groups in total. The number of rotatable bonds is 7. The lowest BCUT2D eigenvalue weighted by Gasteiger charge is -2.19. The van der Waals surface area contributed by atoms with E-state index in [-0.39, 0.29) is 17.1 Å². The van der Waals surface area contributed by atoms with Crippen molar-refractivity contribution in [3.8, 4) is 22.8 Å². The highest BCUT2D eigenvalue weighted by atomic mass is 32.2. The average molecular weight is 487 g/mol. The van der Waals surface area contributed by atoms with Crippen LogP contribution >= 0.6 is 11.8 Å². The molecule has 7 heteroatoms. The zero-order valence-corrected chi connectivity index (χ0v) is 21.5. The van der Waals surface area contributed by atoms with E-state index in [2.05, 4.69) is 60.6 Å². The first kappa shape index (κ1) is 24.5. The Balaban J connectivity index is 1.62. The summed E-state index contributed by atoms with van der Waals surface area (Å²) in [6.45, 7) is 8.59. The Morgan fingerprint density at radius 3 is 2.20 bits per heavy atom. The second kappa shape index (κ2) is 10.4. The normalized spacial score (nSPS) is 11.3. The topological polar surface area (TPSA) is 69.0 Å². The number of thioether (sulfide) groups is 1. The summed E-state index contributed by atoms with van der Waals surface area (Å²) in [7, 11) is 1.64. The Morgan fingerprint density at radius 2 is 1.60 bits per heavy atom. The van der Waals surface area contributed by atoms with Gasteiger partial charge in [0.2, 0.25) is 5.91 Å². The Labute approximate surface area is 210 Å². The molecule has 35 heavy (non-hydrogen) atoms. The quantitative estimate of drug-likeness (QED) is 0.311. The van der Waals surface area contributed by atoms with Crippen LogP contribution in [0.25, 0.3) is 17.1 Å². The largest absolute Gasteiger partial charge is 0.497 e. The molecule has 1 heterocycles. The van der Waals surface area contributed by atoms with Gasteiger partial charge in [0.15, 0.2) is 11.0 Å². The van der Waals surface area contributed by atoms with E-state index in [9.17, 15) is 4.79 Å². The van der Waals surface area contributed by atoms with Crippen LogP contribution in [-0.4, -0.2) is 33.5 Å². The molecule has 3 aromatic carbocycles. The number of amides is 1. The molecule has 4 aromatic rings. The molecule has 0 radical (unpaired) electrons. The van der Waals surface area contributed by atoms with Gasteiger partial charge >= 0.3 is 0 Å². The standard InChI is InChI=1S/C28H30N4O2S/c1-19-6-12-22(13-7-19)29-25(33)18-35-27-31-30-26(20-8-10-21(11-9-20)28(2,3)4)32(27)23-14-16-24(34-5)17-15-23/h6-17H,18H2,1-5H3,(H,29,33). The van der Waals surface area contributed by atoms with Gasteiger partial charge in [-0.3, -0.25) is 9.36 Å². The number of hydrogen-bond donors (Lipinski definition) is 1. The van der Waals surface area contributed by atoms with Gasteiger partial charge in [-0.15, -0.1) is 10.2 Å². The van der Waals surface area contributed by atoms with Crippen LogP contribution in [-0.2, 0) is 10.2 Å². The summed E-state index contributed by atoms with van der Waals surface area (Å²) in [5.74, 6) is 1.60. The molecule has 0 spiro atoms. The summed E-state index contributed by atoms with van der Waals surface area (Å²) in [5, 5.41) is 12.5. The first-order valence-electron chi connectivity index (χ1n) is 11.4. The van der Waals surface area contributed by atoms with E-state index in [0.29, 0.717) is 5.16 Å². The van der Waals surface area contributed by atoms with Crippen molar-refractivity contribution in [3.05, 3.63) is 83.9 Å². The molecular formula is C28H30N4O2S. The van der Waals surface area contributed by atoms with E-state index in [1.165, 1.54) is 17.3 Å². The van der Waals surface area contributed by atoms with E-state index in [1.54, 1.807) is 7.11 Å². The van der Waals surface area contributed by atoms with Crippen molar-refractivity contribution >= 4 is 23.4 Å². The molecular weight excluding hydrogens is 456 g/mol. The summed E-state index contributed by atoms with van der Waals surface area (Å²) >= 11 is 1.35. The van der Waals surface area contributed by atoms with Gasteiger partial charge in [0.25, 0.3) is 0 Å². The number of aryl methyl sites for hydroxylation is 1. The number of carbonyl (C=O) groups is 1. The molecule has 0 atom stereocenters. The van der Waals surface area contributed by atoms with Gasteiger partial charge in [-0.25, -0.2) is 0 Å². The number of anilines is 1. The maximum absolute atomic E-state index is 12.6. The molecule has 0 saturated carbocycles. The fourth-order valence-electron chi connectivity index (χ4n) is 3.60. The average Bonchev–Trinajstić information content (AvgIpc) is 3.28. The minimum Gasteiger partial charge on any atom is -0.497 e. The molecule has 0 aliphatic carbocycles. The van der Waals surface area contributed by atoms with Crippen molar-refractivity contribution in [1.29, 1.82) is 0 Å². The Bertz CT molecular complexity index is 1290. The van der Waals surface area contributed by atoms with Crippen molar-refractivity contribution in [2.75, 3.05) is 18.2 Å². The highest BCUT2D eigenvalue weighted by Crippen LogP contribution is 2.31. The third kappa shape index (κ3) is 5.92. The van der Waals surface area contributed by atoms with E-state index >= 15 is 0 Å². The van der Waals surface area contributed by atoms with Gasteiger partial charge in [0, 0.05) is 16.9 Å². The van der Waals surface area contributed by atoms with Crippen LogP contribution in [0.5, 0.6) is 5.75 Å². The van der Waals surface area contributed by atoms with E-state index in [4.69, 9.17) is 4.74 Å². The molecule has 180 valence electrons. The van der Waals surface area contributed by atoms with Crippen molar-refractivity contribution < 1.29 is 9.53 Å². The number of hydrogen-bond acceptors (Lipinski definition) is 5. The number of ether oxygens (including phenoxy) is 1. The maximum Gasteiger partial charge on any atom is 0.234 e. The maximum atomic E-state index is 12.6. The van der Waals surface area contributed by atoms with E-state index in [0.717, 1.165) is 34.1 Å². The summed E-state index contributed by atoms with van der Waals surface area (Å²) in [4.78, 5) is 12.6. The lowest BCUT2D eigenvalue weighted by Crippen LogP contribution is -2.14. The number of methoxy groups -OCH3 is 1. The Kier molecular flexibility index (Phi) is 7.26. The number of nitrogens with one attached hydrogen (secondary N) is 1. The van der Waals surface area contributed by atoms with Crippen LogP contribution in [0.3, 0.4) is 0 Å². The Morgan fingerprint density at radius 1 is 0.943 bits per heavy atom. The molecule has 0 aliphatic heterocycles. The molecule has 0 aliphatic rings. The molecule has 0 unspecified atom stereocenters. The summed E-state index contributed by atoms with van der Waals surface area (Å²) in [5.41, 5.74) is 5.09. The van der Waals surface area contributed by atoms with Crippen LogP contribution in [0.2, 0.25) is 0 Å². The summed E-state index contributed by atoms with van der Waals surface area (Å²) < 4.78 is 7.30. The van der Waals surface area contributed by atoms with Crippen LogP contribution in [0.15, 0.2) is 78.0 Å². The smallest absolute Gasteiger partial charge is 0.234 e. The van der Waals surface area contributed by atoms with Gasteiger partial charge in [-0.1, -0.05) is 74.5 Å². The number of benzene rings is 3. The van der Waals surface area contributed by atoms with Crippen LogP contribution in [0.4, 0.5) is 5.69 Å². The summed E-state index contributed by atoms with van der Waals surface area (Å²) in [6, 6.07) is 23.9. The van der Waals surface area contributed by atoms with Crippen molar-refractivity contribution in [1.82, 2.24) is 14.8 Å². The molecule has 1 aromatic heterocycles. The second-order valence-electron chi connectivity index (χ2n) is 9.37. The molecule has 1 amide bonds. The van der Waals surface area contributed by atoms with Crippen LogP contribution in [0, 0.1) is 6.92 Å². The van der Waals surface area contributed by atoms with Gasteiger partial charge in [-0.2, -0.15) is 0 Å². The Hall–Kier alpha value is -3.58. The SMILES string of the molecule is COc1ccc(-n2c(SCC(=O)Nc3ccc(C)cc3)nnc2-c2ccc(C(C)(C)C)cc2)cc1. The van der Waals surface area contributed by atoms with Gasteiger partial charge in [0.1, 0.15) is 5.75 Å². The van der Waals surface area contributed by atoms with Gasteiger partial charge < -0.3 is 10.1 Å². The molecule has 0 fully saturated rings. The zero-order chi connectivity index (χ0) is 25.0. The lowest BCUT2D eigenvalue weighted by molar-refractivity contribution is -0.113. The fourth-order valence-corrected chi connectivity index (χ4v) is 4.35. The highest BCUT2D eigenvalue weighted by molar-refractivity contribution is 7.99. The van der Waals surface area contributed by atoms with Crippen molar-refractivity contribution in [2.45, 2.75) is 38.3 Å². The lowest BCUT2D eigenvalue weighted by atomic mass is 9.87. The fraction of sp³-hybridized carbons (Fsp3) is 0.250. The summed E-state index contributed by atoms with van der Waals surface area (Å²) in [6.07, 6.45) is 0. The monoisotopic (exact) mass is 486 g/mol. The molecule has 6 nitrogen and oxygen atoms in total. The highest BCUT2D eigenvalue weighted by Gasteiger charge is 2.19. The van der Waals surface area contributed by atoms with E-state index in [1.807, 2.05) is 60.0 Å². The molecule has 0 bridgehead atoms. The van der Waals surface area contributed by atoms with Gasteiger partial charge in [0.05, 0.1) is 12.9 Å². The molecule has 4 rings (SSSR count). The minimum absolute atomic E-state index is 0.0635. The second-order valence-corrected chi connectivity index (χ2v) is 10.3. The number of nitrogens with zero attached hydrogens (tertiary/aromatic N) is 3. The first-order valence-corrected chi connectivity index (χ1v) is 12.4. The van der Waals surface area contributed by atoms with E-state index < -0.39 is 0 Å². The molecule has 0 saturated heterocycles. The minimum atomic E-state index is -0.0979. The van der Waals surface area contributed by atoms with Crippen molar-refractivity contribution in [3.63, 3.8) is 0 Å². The third-order valence-corrected chi connectivity index (χ3v) is 6.57. The predicted octanol–water partition coefficient (Wildman–Crippen LogP) is 6.28. The number of aromatic nitrogens is 3. The predicted molar refractivity (Wildman–Crippen MR) is 143 cm³/mol. The first-order chi connectivity index (χ1) is 16.7. The zero-order valence-electron chi connectivity index (χ0n) is 20.7. The van der Waals surface area contributed by atoms with Crippen LogP contribution in [0.1, 0.15) is 31.9 Å². The van der Waals surface area contributed by atoms with Crippen molar-refractivity contribution in [2.24, 2.45) is 0 Å². The third-order valence-electron chi connectivity index (χ3n) is 5.64. The number of carbonyl (C=O) groups excluding carboxylic acids is 1. The van der Waals surface area contributed by atoms with Gasteiger partial charge in [-0.05, 0) is 54.3 Å².